The summed E-state index contributed by atoms with van der Waals surface area (Å²) < 4.78 is 2.24. The second kappa shape index (κ2) is 6.37. The van der Waals surface area contributed by atoms with Crippen LogP contribution in [0.2, 0.25) is 5.02 Å². The molecule has 7 heteroatoms. The summed E-state index contributed by atoms with van der Waals surface area (Å²) in [5.41, 5.74) is 3.80. The van der Waals surface area contributed by atoms with E-state index in [0.717, 1.165) is 18.7 Å². The predicted molar refractivity (Wildman–Crippen MR) is 97.1 cm³/mol. The zero-order chi connectivity index (χ0) is 17.4. The minimum atomic E-state index is -0.367. The van der Waals surface area contributed by atoms with Gasteiger partial charge in [0.25, 0.3) is 5.56 Å². The van der Waals surface area contributed by atoms with Gasteiger partial charge in [-0.15, -0.1) is 0 Å². The molecule has 0 amide bonds. The SMILES string of the molecule is CC(c1ccccc1)n1cnc2c1CCN(c1cn[nH]c(=O)c1Cl)C2. The fourth-order valence-electron chi connectivity index (χ4n) is 3.36. The van der Waals surface area contributed by atoms with Gasteiger partial charge in [0, 0.05) is 18.7 Å². The Kier molecular flexibility index (Phi) is 4.05. The van der Waals surface area contributed by atoms with Gasteiger partial charge in [-0.25, -0.2) is 10.1 Å². The van der Waals surface area contributed by atoms with Gasteiger partial charge in [-0.3, -0.25) is 4.79 Å². The van der Waals surface area contributed by atoms with E-state index in [0.29, 0.717) is 12.2 Å². The van der Waals surface area contributed by atoms with Crippen molar-refractivity contribution in [2.45, 2.75) is 25.9 Å². The molecular formula is C18H18ClN5O. The molecule has 0 saturated carbocycles. The summed E-state index contributed by atoms with van der Waals surface area (Å²) in [5, 5.41) is 6.39. The standard InChI is InChI=1S/C18H18ClN5O/c1-12(13-5-3-2-4-6-13)24-11-20-14-10-23(8-7-15(14)24)16-9-21-22-18(25)17(16)19/h2-6,9,11-12H,7-8,10H2,1H3,(H,22,25). The van der Waals surface area contributed by atoms with Gasteiger partial charge in [0.2, 0.25) is 0 Å². The number of hydrogen-bond acceptors (Lipinski definition) is 4. The Bertz CT molecular complexity index is 950. The van der Waals surface area contributed by atoms with Crippen LogP contribution in [0, 0.1) is 0 Å². The lowest BCUT2D eigenvalue weighted by Crippen LogP contribution is -2.33. The van der Waals surface area contributed by atoms with Crippen LogP contribution in [0.25, 0.3) is 0 Å². The Morgan fingerprint density at radius 3 is 2.88 bits per heavy atom. The largest absolute Gasteiger partial charge is 0.362 e. The van der Waals surface area contributed by atoms with Crippen molar-refractivity contribution in [3.63, 3.8) is 0 Å². The second-order valence-electron chi connectivity index (χ2n) is 6.20. The number of anilines is 1. The minimum Gasteiger partial charge on any atom is -0.362 e. The van der Waals surface area contributed by atoms with E-state index >= 15 is 0 Å². The number of rotatable bonds is 3. The van der Waals surface area contributed by atoms with Gasteiger partial charge in [0.1, 0.15) is 5.02 Å². The molecule has 1 unspecified atom stereocenters. The quantitative estimate of drug-likeness (QED) is 0.784. The topological polar surface area (TPSA) is 66.8 Å². The Hall–Kier alpha value is -2.60. The molecule has 128 valence electrons. The van der Waals surface area contributed by atoms with E-state index in [2.05, 4.69) is 55.8 Å². The minimum absolute atomic E-state index is 0.176. The molecule has 25 heavy (non-hydrogen) atoms. The Labute approximate surface area is 150 Å². The Morgan fingerprint density at radius 1 is 1.28 bits per heavy atom. The maximum Gasteiger partial charge on any atom is 0.285 e. The van der Waals surface area contributed by atoms with Gasteiger partial charge in [0.05, 0.1) is 36.5 Å². The number of aromatic nitrogens is 4. The highest BCUT2D eigenvalue weighted by Crippen LogP contribution is 2.29. The third kappa shape index (κ3) is 2.82. The predicted octanol–water partition coefficient (Wildman–Crippen LogP) is 2.79. The molecule has 0 bridgehead atoms. The molecule has 3 aromatic rings. The molecule has 1 aliphatic rings. The first kappa shape index (κ1) is 15.9. The van der Waals surface area contributed by atoms with Gasteiger partial charge in [0.15, 0.2) is 0 Å². The van der Waals surface area contributed by atoms with Crippen molar-refractivity contribution < 1.29 is 0 Å². The van der Waals surface area contributed by atoms with Crippen molar-refractivity contribution in [1.82, 2.24) is 19.7 Å². The fourth-order valence-corrected chi connectivity index (χ4v) is 3.57. The van der Waals surface area contributed by atoms with E-state index in [4.69, 9.17) is 11.6 Å². The van der Waals surface area contributed by atoms with Crippen molar-refractivity contribution in [2.75, 3.05) is 11.4 Å². The molecule has 0 fully saturated rings. The van der Waals surface area contributed by atoms with E-state index < -0.39 is 0 Å². The number of nitrogens with one attached hydrogen (secondary N) is 1. The van der Waals surface area contributed by atoms with Crippen LogP contribution in [0.1, 0.15) is 29.9 Å². The molecule has 0 spiro atoms. The molecule has 1 atom stereocenters. The number of imidazole rings is 1. The first-order valence-electron chi connectivity index (χ1n) is 8.23. The van der Waals surface area contributed by atoms with Gasteiger partial charge in [-0.05, 0) is 12.5 Å². The van der Waals surface area contributed by atoms with Crippen molar-refractivity contribution >= 4 is 17.3 Å². The summed E-state index contributed by atoms with van der Waals surface area (Å²) in [6.45, 7) is 3.57. The highest BCUT2D eigenvalue weighted by Gasteiger charge is 2.25. The van der Waals surface area contributed by atoms with Crippen molar-refractivity contribution in [3.05, 3.63) is 75.2 Å². The summed E-state index contributed by atoms with van der Waals surface area (Å²) in [7, 11) is 0. The molecule has 4 rings (SSSR count). The van der Waals surface area contributed by atoms with E-state index in [1.165, 1.54) is 11.3 Å². The highest BCUT2D eigenvalue weighted by atomic mass is 35.5. The lowest BCUT2D eigenvalue weighted by atomic mass is 10.1. The van der Waals surface area contributed by atoms with E-state index in [1.54, 1.807) is 6.20 Å². The molecule has 3 heterocycles. The summed E-state index contributed by atoms with van der Waals surface area (Å²) in [6.07, 6.45) is 4.34. The average molecular weight is 356 g/mol. The number of aromatic amines is 1. The number of hydrogen-bond donors (Lipinski definition) is 1. The van der Waals surface area contributed by atoms with E-state index in [1.807, 2.05) is 12.4 Å². The van der Waals surface area contributed by atoms with Crippen molar-refractivity contribution in [3.8, 4) is 0 Å². The molecule has 0 saturated heterocycles. The molecule has 2 aromatic heterocycles. The molecule has 1 aliphatic heterocycles. The van der Waals surface area contributed by atoms with Crippen LogP contribution in [0.4, 0.5) is 5.69 Å². The first-order valence-corrected chi connectivity index (χ1v) is 8.60. The first-order chi connectivity index (χ1) is 12.1. The number of halogens is 1. The van der Waals surface area contributed by atoms with Gasteiger partial charge in [-0.1, -0.05) is 41.9 Å². The van der Waals surface area contributed by atoms with E-state index in [-0.39, 0.29) is 16.6 Å². The smallest absolute Gasteiger partial charge is 0.285 e. The molecule has 0 radical (unpaired) electrons. The molecule has 1 aromatic carbocycles. The number of fused-ring (bicyclic) bond motifs is 1. The maximum absolute atomic E-state index is 11.7. The molecule has 6 nitrogen and oxygen atoms in total. The number of H-pyrrole nitrogens is 1. The summed E-state index contributed by atoms with van der Waals surface area (Å²) in [5.74, 6) is 0. The average Bonchev–Trinajstić information content (AvgIpc) is 3.07. The van der Waals surface area contributed by atoms with Gasteiger partial charge in [-0.2, -0.15) is 5.10 Å². The lowest BCUT2D eigenvalue weighted by Gasteiger charge is -2.30. The highest BCUT2D eigenvalue weighted by molar-refractivity contribution is 6.32. The Morgan fingerprint density at radius 2 is 2.08 bits per heavy atom. The number of benzene rings is 1. The third-order valence-corrected chi connectivity index (χ3v) is 5.12. The van der Waals surface area contributed by atoms with Crippen LogP contribution in [-0.2, 0) is 13.0 Å². The fraction of sp³-hybridized carbons (Fsp3) is 0.278. The summed E-state index contributed by atoms with van der Waals surface area (Å²) >= 11 is 6.14. The van der Waals surface area contributed by atoms with Crippen molar-refractivity contribution in [2.24, 2.45) is 0 Å². The molecule has 0 aliphatic carbocycles. The van der Waals surface area contributed by atoms with Crippen LogP contribution < -0.4 is 10.5 Å². The third-order valence-electron chi connectivity index (χ3n) is 4.76. The zero-order valence-electron chi connectivity index (χ0n) is 13.8. The number of nitrogens with zero attached hydrogens (tertiary/aromatic N) is 4. The van der Waals surface area contributed by atoms with Crippen LogP contribution in [0.3, 0.4) is 0 Å². The van der Waals surface area contributed by atoms with Crippen LogP contribution >= 0.6 is 11.6 Å². The van der Waals surface area contributed by atoms with Crippen LogP contribution in [0.5, 0.6) is 0 Å². The monoisotopic (exact) mass is 355 g/mol. The van der Waals surface area contributed by atoms with Gasteiger partial charge >= 0.3 is 0 Å². The maximum atomic E-state index is 11.7. The van der Waals surface area contributed by atoms with Crippen LogP contribution in [-0.4, -0.2) is 26.3 Å². The normalized spacial score (nSPS) is 15.0. The molecular weight excluding hydrogens is 338 g/mol. The summed E-state index contributed by atoms with van der Waals surface area (Å²) in [4.78, 5) is 18.3. The second-order valence-corrected chi connectivity index (χ2v) is 6.58. The van der Waals surface area contributed by atoms with Gasteiger partial charge < -0.3 is 9.47 Å². The zero-order valence-corrected chi connectivity index (χ0v) is 14.6. The van der Waals surface area contributed by atoms with E-state index in [9.17, 15) is 4.79 Å². The summed E-state index contributed by atoms with van der Waals surface area (Å²) in [6, 6.07) is 10.6. The molecule has 1 N–H and O–H groups in total. The Balaban J connectivity index is 1.63. The lowest BCUT2D eigenvalue weighted by molar-refractivity contribution is 0.587. The van der Waals surface area contributed by atoms with Crippen LogP contribution in [0.15, 0.2) is 47.7 Å². The van der Waals surface area contributed by atoms with Crippen molar-refractivity contribution in [1.29, 1.82) is 0 Å².